The largest absolute Gasteiger partial charge is 0.350 e. The number of hydrogen-bond acceptors (Lipinski definition) is 2. The lowest BCUT2D eigenvalue weighted by atomic mass is 10.4. The van der Waals surface area contributed by atoms with Gasteiger partial charge in [-0.1, -0.05) is 0 Å². The second-order valence-electron chi connectivity index (χ2n) is 2.19. The summed E-state index contributed by atoms with van der Waals surface area (Å²) in [6.45, 7) is 2.70. The van der Waals surface area contributed by atoms with Gasteiger partial charge in [-0.25, -0.2) is 0 Å². The van der Waals surface area contributed by atoms with Gasteiger partial charge in [0.15, 0.2) is 6.29 Å². The average Bonchev–Trinajstić information content (AvgIpc) is 2.17. The summed E-state index contributed by atoms with van der Waals surface area (Å²) in [5.74, 6) is 0.609. The van der Waals surface area contributed by atoms with Crippen molar-refractivity contribution < 1.29 is 9.47 Å². The third-order valence-corrected chi connectivity index (χ3v) is 1.46. The maximum atomic E-state index is 5.47. The van der Waals surface area contributed by atoms with Crippen LogP contribution in [0.4, 0.5) is 0 Å². The van der Waals surface area contributed by atoms with Crippen LogP contribution in [-0.4, -0.2) is 24.9 Å². The molecule has 0 aromatic carbocycles. The van der Waals surface area contributed by atoms with Gasteiger partial charge >= 0.3 is 0 Å². The normalized spacial score (nSPS) is 35.3. The molecule has 1 saturated heterocycles. The highest BCUT2D eigenvalue weighted by atomic mass is 35.5. The van der Waals surface area contributed by atoms with Crippen LogP contribution >= 0.6 is 11.6 Å². The quantitative estimate of drug-likeness (QED) is 0.554. The maximum absolute atomic E-state index is 5.47. The summed E-state index contributed by atoms with van der Waals surface area (Å²) >= 11 is 5.47. The number of halogens is 1. The summed E-state index contributed by atoms with van der Waals surface area (Å²) in [4.78, 5) is 0. The van der Waals surface area contributed by atoms with Crippen molar-refractivity contribution in [3.05, 3.63) is 0 Å². The Kier molecular flexibility index (Phi) is 2.76. The highest BCUT2D eigenvalue weighted by Gasteiger charge is 2.20. The summed E-state index contributed by atoms with van der Waals surface area (Å²) in [6.07, 6.45) is 1.00. The van der Waals surface area contributed by atoms with E-state index in [1.165, 1.54) is 0 Å². The highest BCUT2D eigenvalue weighted by molar-refractivity contribution is 6.17. The molecule has 2 atom stereocenters. The first-order chi connectivity index (χ1) is 4.33. The first kappa shape index (κ1) is 7.32. The zero-order chi connectivity index (χ0) is 6.69. The molecule has 0 amide bonds. The Morgan fingerprint density at radius 2 is 2.44 bits per heavy atom. The first-order valence-electron chi connectivity index (χ1n) is 3.16. The van der Waals surface area contributed by atoms with Crippen LogP contribution in [0.5, 0.6) is 0 Å². The van der Waals surface area contributed by atoms with Gasteiger partial charge in [0.05, 0.1) is 12.7 Å². The minimum absolute atomic E-state index is 0.0440. The molecular formula is C6H11ClO2. The zero-order valence-corrected chi connectivity index (χ0v) is 6.23. The molecule has 2 nitrogen and oxygen atoms in total. The summed E-state index contributed by atoms with van der Waals surface area (Å²) in [6, 6.07) is 0. The van der Waals surface area contributed by atoms with E-state index in [4.69, 9.17) is 21.1 Å². The predicted octanol–water partition coefficient (Wildman–Crippen LogP) is 1.38. The first-order valence-corrected chi connectivity index (χ1v) is 3.69. The Hall–Kier alpha value is 0.210. The van der Waals surface area contributed by atoms with Gasteiger partial charge in [0.1, 0.15) is 0 Å². The Labute approximate surface area is 60.1 Å². The van der Waals surface area contributed by atoms with Gasteiger partial charge in [0.25, 0.3) is 0 Å². The fourth-order valence-electron chi connectivity index (χ4n) is 0.821. The standard InChI is InChI=1S/C6H11ClO2/c1-5-4-8-6(9-5)2-3-7/h5-6H,2-4H2,1H3/t5-,6-/m0/s1. The Morgan fingerprint density at radius 3 is 2.89 bits per heavy atom. The molecule has 0 bridgehead atoms. The molecule has 54 valence electrons. The van der Waals surface area contributed by atoms with Crippen LogP contribution in [0.15, 0.2) is 0 Å². The van der Waals surface area contributed by atoms with Gasteiger partial charge in [-0.15, -0.1) is 11.6 Å². The van der Waals surface area contributed by atoms with Crippen molar-refractivity contribution in [3.63, 3.8) is 0 Å². The minimum Gasteiger partial charge on any atom is -0.350 e. The predicted molar refractivity (Wildman–Crippen MR) is 35.6 cm³/mol. The molecular weight excluding hydrogens is 140 g/mol. The van der Waals surface area contributed by atoms with E-state index >= 15 is 0 Å². The van der Waals surface area contributed by atoms with Crippen molar-refractivity contribution >= 4 is 11.6 Å². The van der Waals surface area contributed by atoms with Crippen molar-refractivity contribution in [2.24, 2.45) is 0 Å². The van der Waals surface area contributed by atoms with Gasteiger partial charge in [0.2, 0.25) is 0 Å². The molecule has 0 spiro atoms. The van der Waals surface area contributed by atoms with Crippen LogP contribution < -0.4 is 0 Å². The van der Waals surface area contributed by atoms with Crippen LogP contribution in [-0.2, 0) is 9.47 Å². The molecule has 1 rings (SSSR count). The molecule has 0 aromatic heterocycles. The van der Waals surface area contributed by atoms with E-state index in [0.29, 0.717) is 12.5 Å². The monoisotopic (exact) mass is 150 g/mol. The molecule has 1 fully saturated rings. The van der Waals surface area contributed by atoms with Crippen molar-refractivity contribution in [3.8, 4) is 0 Å². The van der Waals surface area contributed by atoms with Gasteiger partial charge in [-0.05, 0) is 6.92 Å². The van der Waals surface area contributed by atoms with E-state index in [2.05, 4.69) is 0 Å². The summed E-state index contributed by atoms with van der Waals surface area (Å²) in [5.41, 5.74) is 0. The van der Waals surface area contributed by atoms with E-state index < -0.39 is 0 Å². The molecule has 0 N–H and O–H groups in total. The lowest BCUT2D eigenvalue weighted by Crippen LogP contribution is -2.09. The van der Waals surface area contributed by atoms with E-state index in [1.807, 2.05) is 6.92 Å². The third-order valence-electron chi connectivity index (χ3n) is 1.25. The van der Waals surface area contributed by atoms with E-state index in [9.17, 15) is 0 Å². The molecule has 0 saturated carbocycles. The van der Waals surface area contributed by atoms with Crippen LogP contribution in [0.1, 0.15) is 13.3 Å². The molecule has 0 aromatic rings. The van der Waals surface area contributed by atoms with Crippen molar-refractivity contribution in [2.75, 3.05) is 12.5 Å². The number of rotatable bonds is 2. The highest BCUT2D eigenvalue weighted by Crippen LogP contribution is 2.13. The molecule has 1 heterocycles. The van der Waals surface area contributed by atoms with Crippen LogP contribution in [0, 0.1) is 0 Å². The summed E-state index contributed by atoms with van der Waals surface area (Å²) in [5, 5.41) is 0. The molecule has 0 aliphatic carbocycles. The van der Waals surface area contributed by atoms with Crippen molar-refractivity contribution in [1.29, 1.82) is 0 Å². The number of hydrogen-bond donors (Lipinski definition) is 0. The Bertz CT molecular complexity index is 85.1. The molecule has 1 aliphatic heterocycles. The second kappa shape index (κ2) is 3.40. The topological polar surface area (TPSA) is 18.5 Å². The van der Waals surface area contributed by atoms with Crippen LogP contribution in [0.3, 0.4) is 0 Å². The zero-order valence-electron chi connectivity index (χ0n) is 5.47. The number of ether oxygens (including phenoxy) is 2. The van der Waals surface area contributed by atoms with E-state index in [1.54, 1.807) is 0 Å². The maximum Gasteiger partial charge on any atom is 0.159 e. The van der Waals surface area contributed by atoms with E-state index in [0.717, 1.165) is 6.42 Å². The Balaban J connectivity index is 2.14. The van der Waals surface area contributed by atoms with Crippen LogP contribution in [0.2, 0.25) is 0 Å². The lowest BCUT2D eigenvalue weighted by Gasteiger charge is -2.05. The molecule has 3 heteroatoms. The number of alkyl halides is 1. The SMILES string of the molecule is C[C@H]1CO[C@H](CCCl)O1. The summed E-state index contributed by atoms with van der Waals surface area (Å²) < 4.78 is 10.5. The average molecular weight is 151 g/mol. The lowest BCUT2D eigenvalue weighted by molar-refractivity contribution is -0.0551. The Morgan fingerprint density at radius 1 is 1.67 bits per heavy atom. The third kappa shape index (κ3) is 2.12. The summed E-state index contributed by atoms with van der Waals surface area (Å²) in [7, 11) is 0. The van der Waals surface area contributed by atoms with Gasteiger partial charge in [0, 0.05) is 12.3 Å². The molecule has 1 aliphatic rings. The fraction of sp³-hybridized carbons (Fsp3) is 1.00. The van der Waals surface area contributed by atoms with Crippen molar-refractivity contribution in [1.82, 2.24) is 0 Å². The van der Waals surface area contributed by atoms with Gasteiger partial charge in [-0.2, -0.15) is 0 Å². The van der Waals surface area contributed by atoms with E-state index in [-0.39, 0.29) is 12.4 Å². The van der Waals surface area contributed by atoms with Gasteiger partial charge in [-0.3, -0.25) is 0 Å². The smallest absolute Gasteiger partial charge is 0.159 e. The molecule has 0 unspecified atom stereocenters. The van der Waals surface area contributed by atoms with Crippen LogP contribution in [0.25, 0.3) is 0 Å². The second-order valence-corrected chi connectivity index (χ2v) is 2.57. The molecule has 9 heavy (non-hydrogen) atoms. The van der Waals surface area contributed by atoms with Gasteiger partial charge < -0.3 is 9.47 Å². The minimum atomic E-state index is -0.0440. The molecule has 0 radical (unpaired) electrons. The fourth-order valence-corrected chi connectivity index (χ4v) is 0.999. The van der Waals surface area contributed by atoms with Crippen molar-refractivity contribution in [2.45, 2.75) is 25.7 Å².